The van der Waals surface area contributed by atoms with E-state index in [0.29, 0.717) is 17.0 Å². The lowest BCUT2D eigenvalue weighted by atomic mass is 10.1. The number of anilines is 2. The number of methoxy groups -OCH3 is 1. The topological polar surface area (TPSA) is 70.6 Å². The maximum absolute atomic E-state index is 14.1. The summed E-state index contributed by atoms with van der Waals surface area (Å²) < 4.78 is 19.1. The van der Waals surface area contributed by atoms with Gasteiger partial charge in [-0.25, -0.2) is 4.39 Å². The smallest absolute Gasteiger partial charge is 0.250 e. The Labute approximate surface area is 134 Å². The van der Waals surface area contributed by atoms with Gasteiger partial charge in [0.25, 0.3) is 0 Å². The average molecular weight is 318 g/mol. The monoisotopic (exact) mass is 318 g/mol. The van der Waals surface area contributed by atoms with Crippen LogP contribution in [0.3, 0.4) is 0 Å². The fourth-order valence-corrected chi connectivity index (χ4v) is 2.20. The van der Waals surface area contributed by atoms with E-state index in [1.807, 2.05) is 13.0 Å². The molecule has 2 aromatic rings. The van der Waals surface area contributed by atoms with Gasteiger partial charge in [-0.1, -0.05) is 12.1 Å². The molecule has 2 aromatic carbocycles. The molecule has 0 fully saturated rings. The molecule has 0 radical (unpaired) electrons. The Bertz CT molecular complexity index is 691. The van der Waals surface area contributed by atoms with Crippen molar-refractivity contribution < 1.29 is 19.0 Å². The van der Waals surface area contributed by atoms with Crippen molar-refractivity contribution in [3.8, 4) is 5.75 Å². The van der Waals surface area contributed by atoms with E-state index in [4.69, 9.17) is 9.84 Å². The van der Waals surface area contributed by atoms with E-state index in [1.54, 1.807) is 30.3 Å². The first-order valence-corrected chi connectivity index (χ1v) is 7.14. The maximum Gasteiger partial charge on any atom is 0.250 e. The molecule has 23 heavy (non-hydrogen) atoms. The van der Waals surface area contributed by atoms with Gasteiger partial charge in [0.1, 0.15) is 18.2 Å². The molecule has 122 valence electrons. The molecule has 0 aliphatic carbocycles. The molecule has 0 aromatic heterocycles. The highest BCUT2D eigenvalue weighted by Crippen LogP contribution is 2.25. The van der Waals surface area contributed by atoms with Crippen LogP contribution in [-0.2, 0) is 4.79 Å². The van der Waals surface area contributed by atoms with Gasteiger partial charge in [-0.05, 0) is 31.2 Å². The van der Waals surface area contributed by atoms with Crippen LogP contribution in [0.4, 0.5) is 15.8 Å². The summed E-state index contributed by atoms with van der Waals surface area (Å²) in [6.45, 7) is 1.26. The minimum atomic E-state index is -0.578. The van der Waals surface area contributed by atoms with E-state index < -0.39 is 12.5 Å². The highest BCUT2D eigenvalue weighted by molar-refractivity contribution is 5.91. The number of carbonyl (C=O) groups is 1. The van der Waals surface area contributed by atoms with Crippen LogP contribution in [0, 0.1) is 5.82 Å². The van der Waals surface area contributed by atoms with Crippen molar-refractivity contribution in [1.29, 1.82) is 0 Å². The van der Waals surface area contributed by atoms with Crippen molar-refractivity contribution in [3.05, 3.63) is 53.8 Å². The lowest BCUT2D eigenvalue weighted by Crippen LogP contribution is -2.15. The molecule has 6 heteroatoms. The molecule has 0 aliphatic rings. The largest absolute Gasteiger partial charge is 0.497 e. The summed E-state index contributed by atoms with van der Waals surface area (Å²) in [6.07, 6.45) is 0. The van der Waals surface area contributed by atoms with Gasteiger partial charge in [-0.2, -0.15) is 0 Å². The van der Waals surface area contributed by atoms with Crippen LogP contribution in [0.2, 0.25) is 0 Å². The van der Waals surface area contributed by atoms with E-state index in [2.05, 4.69) is 10.6 Å². The number of aliphatic hydroxyl groups is 1. The predicted octanol–water partition coefficient (Wildman–Crippen LogP) is 2.94. The van der Waals surface area contributed by atoms with Gasteiger partial charge in [-0.15, -0.1) is 0 Å². The molecular weight excluding hydrogens is 299 g/mol. The molecule has 5 nitrogen and oxygen atoms in total. The van der Waals surface area contributed by atoms with Gasteiger partial charge in [-0.3, -0.25) is 4.79 Å². The molecule has 0 spiro atoms. The predicted molar refractivity (Wildman–Crippen MR) is 87.1 cm³/mol. The third-order valence-corrected chi connectivity index (χ3v) is 3.35. The minimum absolute atomic E-state index is 0.273. The molecule has 0 heterocycles. The Kier molecular flexibility index (Phi) is 5.54. The summed E-state index contributed by atoms with van der Waals surface area (Å²) in [5.74, 6) is -0.377. The Balaban J connectivity index is 2.12. The number of hydrogen-bond donors (Lipinski definition) is 3. The third-order valence-electron chi connectivity index (χ3n) is 3.35. The quantitative estimate of drug-likeness (QED) is 0.766. The second kappa shape index (κ2) is 7.60. The standard InChI is InChI=1S/C17H19FN2O3/c1-11(15-7-6-14(23-2)9-16(15)18)19-12-4-3-5-13(8-12)20-17(22)10-21/h3-9,11,19,21H,10H2,1-2H3,(H,20,22). The Morgan fingerprint density at radius 3 is 2.65 bits per heavy atom. The van der Waals surface area contributed by atoms with Crippen LogP contribution in [-0.4, -0.2) is 24.7 Å². The van der Waals surface area contributed by atoms with Gasteiger partial charge < -0.3 is 20.5 Å². The molecular formula is C17H19FN2O3. The second-order valence-electron chi connectivity index (χ2n) is 5.04. The molecule has 2 rings (SSSR count). The van der Waals surface area contributed by atoms with Crippen LogP contribution in [0.1, 0.15) is 18.5 Å². The molecule has 0 saturated heterocycles. The van der Waals surface area contributed by atoms with Crippen LogP contribution in [0.25, 0.3) is 0 Å². The zero-order valence-corrected chi connectivity index (χ0v) is 13.0. The Hall–Kier alpha value is -2.60. The zero-order valence-electron chi connectivity index (χ0n) is 13.0. The summed E-state index contributed by atoms with van der Waals surface area (Å²) >= 11 is 0. The number of nitrogens with one attached hydrogen (secondary N) is 2. The van der Waals surface area contributed by atoms with Gasteiger partial charge in [0.05, 0.1) is 13.2 Å². The summed E-state index contributed by atoms with van der Waals surface area (Å²) in [5.41, 5.74) is 1.79. The molecule has 1 unspecified atom stereocenters. The van der Waals surface area contributed by atoms with Crippen LogP contribution < -0.4 is 15.4 Å². The van der Waals surface area contributed by atoms with E-state index in [-0.39, 0.29) is 11.9 Å². The number of hydrogen-bond acceptors (Lipinski definition) is 4. The van der Waals surface area contributed by atoms with Gasteiger partial charge in [0.15, 0.2) is 0 Å². The number of amides is 1. The van der Waals surface area contributed by atoms with Gasteiger partial charge in [0, 0.05) is 23.0 Å². The van der Waals surface area contributed by atoms with Crippen molar-refractivity contribution in [2.45, 2.75) is 13.0 Å². The molecule has 3 N–H and O–H groups in total. The Morgan fingerprint density at radius 1 is 1.26 bits per heavy atom. The summed E-state index contributed by atoms with van der Waals surface area (Å²) in [4.78, 5) is 11.2. The fraction of sp³-hybridized carbons (Fsp3) is 0.235. The van der Waals surface area contributed by atoms with Gasteiger partial charge >= 0.3 is 0 Å². The number of rotatable bonds is 6. The molecule has 1 amide bonds. The van der Waals surface area contributed by atoms with Crippen molar-refractivity contribution in [2.75, 3.05) is 24.4 Å². The molecule has 0 saturated carbocycles. The first-order valence-electron chi connectivity index (χ1n) is 7.14. The summed E-state index contributed by atoms with van der Waals surface area (Å²) in [6, 6.07) is 11.4. The minimum Gasteiger partial charge on any atom is -0.497 e. The fourth-order valence-electron chi connectivity index (χ4n) is 2.20. The normalized spacial score (nSPS) is 11.7. The first kappa shape index (κ1) is 16.8. The van der Waals surface area contributed by atoms with Gasteiger partial charge in [0.2, 0.25) is 5.91 Å². The Morgan fingerprint density at radius 2 is 2.00 bits per heavy atom. The van der Waals surface area contributed by atoms with Crippen molar-refractivity contribution in [1.82, 2.24) is 0 Å². The number of benzene rings is 2. The third kappa shape index (κ3) is 4.43. The average Bonchev–Trinajstić information content (AvgIpc) is 2.54. The van der Waals surface area contributed by atoms with Crippen molar-refractivity contribution in [3.63, 3.8) is 0 Å². The van der Waals surface area contributed by atoms with Crippen LogP contribution in [0.5, 0.6) is 5.75 Å². The summed E-state index contributed by atoms with van der Waals surface area (Å²) in [5, 5.41) is 14.5. The van der Waals surface area contributed by atoms with E-state index in [9.17, 15) is 9.18 Å². The van der Waals surface area contributed by atoms with Crippen LogP contribution >= 0.6 is 0 Å². The molecule has 1 atom stereocenters. The number of carbonyl (C=O) groups excluding carboxylic acids is 1. The summed E-state index contributed by atoms with van der Waals surface area (Å²) in [7, 11) is 1.49. The highest BCUT2D eigenvalue weighted by Gasteiger charge is 2.12. The highest BCUT2D eigenvalue weighted by atomic mass is 19.1. The number of ether oxygens (including phenoxy) is 1. The number of aliphatic hydroxyl groups excluding tert-OH is 1. The van der Waals surface area contributed by atoms with Crippen LogP contribution in [0.15, 0.2) is 42.5 Å². The van der Waals surface area contributed by atoms with E-state index in [0.717, 1.165) is 5.69 Å². The number of halogens is 1. The lowest BCUT2D eigenvalue weighted by Gasteiger charge is -2.17. The first-order chi connectivity index (χ1) is 11.0. The SMILES string of the molecule is COc1ccc(C(C)Nc2cccc(NC(=O)CO)c2)c(F)c1. The van der Waals surface area contributed by atoms with Crippen molar-refractivity contribution in [2.24, 2.45) is 0 Å². The van der Waals surface area contributed by atoms with E-state index in [1.165, 1.54) is 13.2 Å². The molecule has 0 bridgehead atoms. The molecule has 0 aliphatic heterocycles. The zero-order chi connectivity index (χ0) is 16.8. The lowest BCUT2D eigenvalue weighted by molar-refractivity contribution is -0.118. The maximum atomic E-state index is 14.1. The van der Waals surface area contributed by atoms with Crippen molar-refractivity contribution >= 4 is 17.3 Å². The second-order valence-corrected chi connectivity index (χ2v) is 5.04. The van der Waals surface area contributed by atoms with E-state index >= 15 is 0 Å².